The lowest BCUT2D eigenvalue weighted by molar-refractivity contribution is -0.117. The lowest BCUT2D eigenvalue weighted by Gasteiger charge is -2.16. The van der Waals surface area contributed by atoms with Crippen LogP contribution < -0.4 is 30.0 Å². The maximum atomic E-state index is 12.8. The first-order chi connectivity index (χ1) is 17.5. The van der Waals surface area contributed by atoms with Crippen molar-refractivity contribution in [1.82, 2.24) is 14.3 Å². The Kier molecular flexibility index (Phi) is 7.71. The monoisotopic (exact) mass is 509 g/mol. The summed E-state index contributed by atoms with van der Waals surface area (Å²) >= 11 is 1.32. The molecule has 2 aromatic carbocycles. The maximum Gasteiger partial charge on any atom is 0.241 e. The molecule has 0 bridgehead atoms. The van der Waals surface area contributed by atoms with Gasteiger partial charge in [0.2, 0.25) is 11.7 Å². The number of ether oxygens (including phenoxy) is 4. The quantitative estimate of drug-likeness (QED) is 0.294. The van der Waals surface area contributed by atoms with Crippen LogP contribution in [0.3, 0.4) is 0 Å². The number of anilines is 1. The van der Waals surface area contributed by atoms with Gasteiger partial charge in [-0.2, -0.15) is 4.37 Å². The molecule has 4 N–H and O–H groups in total. The van der Waals surface area contributed by atoms with Crippen LogP contribution in [0.15, 0.2) is 48.2 Å². The lowest BCUT2D eigenvalue weighted by atomic mass is 10.0. The van der Waals surface area contributed by atoms with E-state index >= 15 is 0 Å². The smallest absolute Gasteiger partial charge is 0.241 e. The zero-order valence-electron chi connectivity index (χ0n) is 20.3. The van der Waals surface area contributed by atoms with Gasteiger partial charge in [0.15, 0.2) is 11.5 Å². The molecule has 2 heterocycles. The van der Waals surface area contributed by atoms with E-state index in [4.69, 9.17) is 24.7 Å². The fourth-order valence-electron chi connectivity index (χ4n) is 3.79. The first-order valence-corrected chi connectivity index (χ1v) is 11.8. The van der Waals surface area contributed by atoms with Crippen LogP contribution in [0, 0.1) is 0 Å². The van der Waals surface area contributed by atoms with Gasteiger partial charge >= 0.3 is 0 Å². The van der Waals surface area contributed by atoms with Crippen molar-refractivity contribution in [1.29, 1.82) is 0 Å². The summed E-state index contributed by atoms with van der Waals surface area (Å²) < 4.78 is 26.5. The van der Waals surface area contributed by atoms with Gasteiger partial charge in [-0.1, -0.05) is 6.07 Å². The standard InChI is InChI=1S/C25H27N5O5S/c1-32-20-6-5-14(7-19(20)29-25(31)18(26)10-16-11-27-13-28-16)17-12-36-30-23(17)15-8-21(33-2)24(35-4)22(9-15)34-3/h5-9,11-13,18H,10,26H2,1-4H3,(H,27,28)(H,29,31)/t18-/m1/s1. The van der Waals surface area contributed by atoms with Crippen LogP contribution in [-0.4, -0.2) is 54.7 Å². The molecule has 0 aliphatic carbocycles. The molecule has 0 saturated heterocycles. The minimum absolute atomic E-state index is 0.327. The van der Waals surface area contributed by atoms with Crippen LogP contribution in [0.25, 0.3) is 22.4 Å². The van der Waals surface area contributed by atoms with Gasteiger partial charge in [0.25, 0.3) is 0 Å². The highest BCUT2D eigenvalue weighted by atomic mass is 32.1. The van der Waals surface area contributed by atoms with Gasteiger partial charge < -0.3 is 35.0 Å². The average Bonchev–Trinajstić information content (AvgIpc) is 3.60. The SMILES string of the molecule is COc1ccc(-c2csnc2-c2cc(OC)c(OC)c(OC)c2)cc1NC(=O)[C@H](N)Cc1cnc[nH]1. The molecular weight excluding hydrogens is 482 g/mol. The lowest BCUT2D eigenvalue weighted by Crippen LogP contribution is -2.37. The number of methoxy groups -OCH3 is 4. The van der Waals surface area contributed by atoms with Crippen molar-refractivity contribution in [3.05, 3.63) is 53.9 Å². The molecule has 2 aromatic heterocycles. The molecule has 1 atom stereocenters. The maximum absolute atomic E-state index is 12.8. The van der Waals surface area contributed by atoms with Crippen LogP contribution in [-0.2, 0) is 11.2 Å². The zero-order valence-corrected chi connectivity index (χ0v) is 21.1. The molecule has 0 aliphatic heterocycles. The minimum atomic E-state index is -0.767. The molecule has 0 spiro atoms. The van der Waals surface area contributed by atoms with Crippen molar-refractivity contribution in [2.24, 2.45) is 5.73 Å². The van der Waals surface area contributed by atoms with Gasteiger partial charge in [0.05, 0.1) is 52.2 Å². The third kappa shape index (κ3) is 5.11. The normalized spacial score (nSPS) is 11.6. The van der Waals surface area contributed by atoms with Gasteiger partial charge in [-0.05, 0) is 41.4 Å². The van der Waals surface area contributed by atoms with Crippen molar-refractivity contribution in [3.8, 4) is 45.4 Å². The number of aromatic nitrogens is 3. The number of nitrogens with one attached hydrogen (secondary N) is 2. The van der Waals surface area contributed by atoms with Crippen LogP contribution in [0.5, 0.6) is 23.0 Å². The van der Waals surface area contributed by atoms with Crippen molar-refractivity contribution in [2.45, 2.75) is 12.5 Å². The van der Waals surface area contributed by atoms with Crippen molar-refractivity contribution in [2.75, 3.05) is 33.8 Å². The van der Waals surface area contributed by atoms with E-state index in [1.54, 1.807) is 47.0 Å². The summed E-state index contributed by atoms with van der Waals surface area (Å²) in [6, 6.07) is 8.47. The number of carbonyl (C=O) groups is 1. The van der Waals surface area contributed by atoms with Gasteiger partial charge in [0.1, 0.15) is 5.75 Å². The molecule has 0 radical (unpaired) electrons. The predicted molar refractivity (Wildman–Crippen MR) is 138 cm³/mol. The van der Waals surface area contributed by atoms with E-state index in [0.29, 0.717) is 35.1 Å². The Labute approximate surface area is 212 Å². The molecular formula is C25H27N5O5S. The van der Waals surface area contributed by atoms with E-state index in [0.717, 1.165) is 28.1 Å². The van der Waals surface area contributed by atoms with E-state index in [2.05, 4.69) is 19.7 Å². The second-order valence-corrected chi connectivity index (χ2v) is 8.41. The van der Waals surface area contributed by atoms with E-state index in [-0.39, 0.29) is 5.91 Å². The number of rotatable bonds is 10. The summed E-state index contributed by atoms with van der Waals surface area (Å²) in [5, 5.41) is 4.83. The number of aromatic amines is 1. The molecule has 188 valence electrons. The minimum Gasteiger partial charge on any atom is -0.495 e. The van der Waals surface area contributed by atoms with Crippen LogP contribution in [0.1, 0.15) is 5.69 Å². The summed E-state index contributed by atoms with van der Waals surface area (Å²) in [5.41, 5.74) is 10.6. The summed E-state index contributed by atoms with van der Waals surface area (Å²) in [6.07, 6.45) is 3.52. The predicted octanol–water partition coefficient (Wildman–Crippen LogP) is 3.74. The third-order valence-electron chi connectivity index (χ3n) is 5.61. The second-order valence-electron chi connectivity index (χ2n) is 7.78. The van der Waals surface area contributed by atoms with Crippen molar-refractivity contribution >= 4 is 23.1 Å². The molecule has 0 unspecified atom stereocenters. The Morgan fingerprint density at radius 1 is 1.03 bits per heavy atom. The molecule has 0 fully saturated rings. The summed E-state index contributed by atoms with van der Waals surface area (Å²) in [7, 11) is 6.24. The topological polar surface area (TPSA) is 134 Å². The highest BCUT2D eigenvalue weighted by Gasteiger charge is 2.20. The van der Waals surface area contributed by atoms with Gasteiger partial charge in [-0.3, -0.25) is 4.79 Å². The number of carbonyl (C=O) groups excluding carboxylic acids is 1. The zero-order chi connectivity index (χ0) is 25.7. The van der Waals surface area contributed by atoms with Gasteiger partial charge in [-0.15, -0.1) is 0 Å². The van der Waals surface area contributed by atoms with E-state index in [1.807, 2.05) is 29.6 Å². The largest absolute Gasteiger partial charge is 0.495 e. The molecule has 4 rings (SSSR count). The molecule has 10 nitrogen and oxygen atoms in total. The van der Waals surface area contributed by atoms with Crippen LogP contribution in [0.4, 0.5) is 5.69 Å². The first kappa shape index (κ1) is 25.0. The first-order valence-electron chi connectivity index (χ1n) is 11.0. The molecule has 1 amide bonds. The average molecular weight is 510 g/mol. The van der Waals surface area contributed by atoms with E-state index in [1.165, 1.54) is 11.5 Å². The molecule has 11 heteroatoms. The summed E-state index contributed by atoms with van der Waals surface area (Å²) in [5.74, 6) is 1.73. The number of hydrogen-bond acceptors (Lipinski definition) is 9. The highest BCUT2D eigenvalue weighted by molar-refractivity contribution is 7.04. The van der Waals surface area contributed by atoms with E-state index in [9.17, 15) is 4.79 Å². The molecule has 4 aromatic rings. The van der Waals surface area contributed by atoms with Crippen LogP contribution in [0.2, 0.25) is 0 Å². The van der Waals surface area contributed by atoms with Crippen molar-refractivity contribution in [3.63, 3.8) is 0 Å². The number of amides is 1. The number of nitrogens with zero attached hydrogens (tertiary/aromatic N) is 2. The Morgan fingerprint density at radius 2 is 1.75 bits per heavy atom. The summed E-state index contributed by atoms with van der Waals surface area (Å²) in [4.78, 5) is 19.7. The Morgan fingerprint density at radius 3 is 2.36 bits per heavy atom. The Balaban J connectivity index is 1.67. The number of imidazole rings is 1. The number of H-pyrrole nitrogens is 1. The van der Waals surface area contributed by atoms with Crippen molar-refractivity contribution < 1.29 is 23.7 Å². The second kappa shape index (κ2) is 11.1. The third-order valence-corrected chi connectivity index (χ3v) is 6.24. The molecule has 36 heavy (non-hydrogen) atoms. The molecule has 0 aliphatic rings. The molecule has 0 saturated carbocycles. The number of hydrogen-bond donors (Lipinski definition) is 3. The fourth-order valence-corrected chi connectivity index (χ4v) is 4.51. The van der Waals surface area contributed by atoms with Gasteiger partial charge in [-0.25, -0.2) is 4.98 Å². The fraction of sp³-hybridized carbons (Fsp3) is 0.240. The van der Waals surface area contributed by atoms with Gasteiger partial charge in [0, 0.05) is 34.8 Å². The number of benzene rings is 2. The Bertz CT molecular complexity index is 1310. The number of nitrogens with two attached hydrogens (primary N) is 1. The van der Waals surface area contributed by atoms with E-state index < -0.39 is 6.04 Å². The highest BCUT2D eigenvalue weighted by Crippen LogP contribution is 2.44. The van der Waals surface area contributed by atoms with Crippen LogP contribution >= 0.6 is 11.5 Å². The summed E-state index contributed by atoms with van der Waals surface area (Å²) in [6.45, 7) is 0. The Hall–Kier alpha value is -4.09.